The van der Waals surface area contributed by atoms with E-state index in [4.69, 9.17) is 11.6 Å². The zero-order valence-corrected chi connectivity index (χ0v) is 11.0. The predicted octanol–water partition coefficient (Wildman–Crippen LogP) is 4.26. The second-order valence-electron chi connectivity index (χ2n) is 4.93. The van der Waals surface area contributed by atoms with Crippen molar-refractivity contribution in [1.82, 2.24) is 0 Å². The first-order valence-electron chi connectivity index (χ1n) is 4.99. The zero-order chi connectivity index (χ0) is 9.97. The molecule has 4 rings (SSSR count). The number of halogens is 2. The summed E-state index contributed by atoms with van der Waals surface area (Å²) in [5, 5.41) is 0.926. The minimum absolute atomic E-state index is 0.512. The monoisotopic (exact) mass is 318 g/mol. The highest BCUT2D eigenvalue weighted by atomic mass is 127. The number of hydrogen-bond donors (Lipinski definition) is 0. The Hall–Kier alpha value is 0.240. The van der Waals surface area contributed by atoms with Crippen LogP contribution in [0.5, 0.6) is 0 Å². The number of alkyl halides is 1. The van der Waals surface area contributed by atoms with Crippen LogP contribution >= 0.6 is 34.2 Å². The summed E-state index contributed by atoms with van der Waals surface area (Å²) in [6, 6.07) is 6.58. The summed E-state index contributed by atoms with van der Waals surface area (Å²) in [5.74, 6) is 0. The highest BCUT2D eigenvalue weighted by Gasteiger charge is 2.66. The van der Waals surface area contributed by atoms with Gasteiger partial charge in [-0.2, -0.15) is 0 Å². The van der Waals surface area contributed by atoms with Gasteiger partial charge in [0.1, 0.15) is 0 Å². The Labute approximate surface area is 103 Å². The molecule has 2 heteroatoms. The summed E-state index contributed by atoms with van der Waals surface area (Å²) in [6.07, 6.45) is 4.08. The molecule has 3 aliphatic carbocycles. The molecule has 0 heterocycles. The molecule has 0 aliphatic heterocycles. The van der Waals surface area contributed by atoms with E-state index in [2.05, 4.69) is 47.7 Å². The van der Waals surface area contributed by atoms with Gasteiger partial charge in [0, 0.05) is 8.44 Å². The first kappa shape index (κ1) is 9.46. The molecule has 0 saturated heterocycles. The van der Waals surface area contributed by atoms with Gasteiger partial charge >= 0.3 is 0 Å². The Kier molecular flexibility index (Phi) is 1.81. The third-order valence-corrected chi connectivity index (χ3v) is 5.30. The minimum Gasteiger partial charge on any atom is -0.0840 e. The first-order chi connectivity index (χ1) is 6.53. The Balaban J connectivity index is 1.95. The normalized spacial score (nSPS) is 38.8. The molecule has 74 valence electrons. The first-order valence-corrected chi connectivity index (χ1v) is 6.44. The lowest BCUT2D eigenvalue weighted by Gasteiger charge is -2.68. The minimum atomic E-state index is 0.512. The maximum atomic E-state index is 6.15. The Morgan fingerprint density at radius 3 is 2.43 bits per heavy atom. The molecule has 0 nitrogen and oxygen atoms in total. The number of benzene rings is 1. The van der Waals surface area contributed by atoms with Crippen molar-refractivity contribution in [3.05, 3.63) is 34.3 Å². The van der Waals surface area contributed by atoms with E-state index < -0.39 is 0 Å². The van der Waals surface area contributed by atoms with E-state index in [-0.39, 0.29) is 0 Å². The molecule has 3 fully saturated rings. The summed E-state index contributed by atoms with van der Waals surface area (Å²) in [7, 11) is 0. The summed E-state index contributed by atoms with van der Waals surface area (Å²) in [4.78, 5) is 0. The summed E-state index contributed by atoms with van der Waals surface area (Å²) >= 11 is 8.76. The predicted molar refractivity (Wildman–Crippen MR) is 68.5 cm³/mol. The Bertz CT molecular complexity index is 391. The second kappa shape index (κ2) is 2.67. The fourth-order valence-corrected chi connectivity index (χ4v) is 5.26. The van der Waals surface area contributed by atoms with Gasteiger partial charge in [-0.25, -0.2) is 0 Å². The van der Waals surface area contributed by atoms with Gasteiger partial charge in [-0.3, -0.25) is 0 Å². The lowest BCUT2D eigenvalue weighted by atomic mass is 9.42. The van der Waals surface area contributed by atoms with Crippen LogP contribution < -0.4 is 0 Å². The molecule has 3 aliphatic rings. The van der Waals surface area contributed by atoms with Crippen LogP contribution in [0.2, 0.25) is 5.02 Å². The average Bonchev–Trinajstić information content (AvgIpc) is 2.03. The van der Waals surface area contributed by atoms with E-state index in [0.717, 1.165) is 5.02 Å². The average molecular weight is 319 g/mol. The molecule has 1 aromatic carbocycles. The molecule has 14 heavy (non-hydrogen) atoms. The van der Waals surface area contributed by atoms with Crippen molar-refractivity contribution >= 4 is 34.2 Å². The van der Waals surface area contributed by atoms with E-state index in [0.29, 0.717) is 8.84 Å². The van der Waals surface area contributed by atoms with Gasteiger partial charge in [-0.1, -0.05) is 46.3 Å². The van der Waals surface area contributed by atoms with Crippen LogP contribution in [0.1, 0.15) is 30.4 Å². The van der Waals surface area contributed by atoms with Gasteiger partial charge in [0.15, 0.2) is 0 Å². The molecule has 2 bridgehead atoms. The van der Waals surface area contributed by atoms with Crippen molar-refractivity contribution in [3.63, 3.8) is 0 Å². The molecule has 0 N–H and O–H groups in total. The molecule has 0 unspecified atom stereocenters. The van der Waals surface area contributed by atoms with Gasteiger partial charge in [-0.15, -0.1) is 0 Å². The summed E-state index contributed by atoms with van der Waals surface area (Å²) in [5.41, 5.74) is 3.16. The van der Waals surface area contributed by atoms with Crippen LogP contribution in [-0.2, 0) is 5.41 Å². The Morgan fingerprint density at radius 2 is 1.93 bits per heavy atom. The molecular weight excluding hydrogens is 306 g/mol. The van der Waals surface area contributed by atoms with Crippen molar-refractivity contribution < 1.29 is 0 Å². The lowest BCUT2D eigenvalue weighted by molar-refractivity contribution is 0.0220. The molecule has 0 amide bonds. The van der Waals surface area contributed by atoms with E-state index in [1.165, 1.54) is 30.4 Å². The van der Waals surface area contributed by atoms with Crippen molar-refractivity contribution in [3.8, 4) is 0 Å². The quantitative estimate of drug-likeness (QED) is 0.536. The number of hydrogen-bond acceptors (Lipinski definition) is 0. The molecule has 0 radical (unpaired) electrons. The lowest BCUT2D eigenvalue weighted by Crippen LogP contribution is -2.65. The third-order valence-electron chi connectivity index (χ3n) is 3.75. The highest BCUT2D eigenvalue weighted by Crippen LogP contribution is 2.72. The van der Waals surface area contributed by atoms with Crippen LogP contribution in [0.3, 0.4) is 0 Å². The van der Waals surface area contributed by atoms with Crippen LogP contribution in [-0.4, -0.2) is 3.42 Å². The molecule has 0 spiro atoms. The fraction of sp³-hybridized carbons (Fsp3) is 0.500. The fourth-order valence-electron chi connectivity index (χ4n) is 2.89. The van der Waals surface area contributed by atoms with Gasteiger partial charge in [0.25, 0.3) is 0 Å². The van der Waals surface area contributed by atoms with E-state index >= 15 is 0 Å². The Morgan fingerprint density at radius 1 is 1.29 bits per heavy atom. The summed E-state index contributed by atoms with van der Waals surface area (Å²) in [6.45, 7) is 2.06. The SMILES string of the molecule is Cc1ccc(C23CC(I)(C2)C3)cc1Cl. The van der Waals surface area contributed by atoms with E-state index in [1.54, 1.807) is 0 Å². The largest absolute Gasteiger partial charge is 0.0840 e. The van der Waals surface area contributed by atoms with Crippen LogP contribution in [0, 0.1) is 6.92 Å². The van der Waals surface area contributed by atoms with E-state index in [1.807, 2.05) is 0 Å². The topological polar surface area (TPSA) is 0 Å². The van der Waals surface area contributed by atoms with Crippen LogP contribution in [0.4, 0.5) is 0 Å². The zero-order valence-electron chi connectivity index (χ0n) is 8.11. The molecule has 0 atom stereocenters. The molecule has 0 aromatic heterocycles. The smallest absolute Gasteiger partial charge is 0.0438 e. The van der Waals surface area contributed by atoms with Crippen LogP contribution in [0.15, 0.2) is 18.2 Å². The van der Waals surface area contributed by atoms with Crippen LogP contribution in [0.25, 0.3) is 0 Å². The summed E-state index contributed by atoms with van der Waals surface area (Å²) < 4.78 is 0.648. The third kappa shape index (κ3) is 1.12. The molecule has 3 saturated carbocycles. The molecular formula is C12H12ClI. The van der Waals surface area contributed by atoms with Crippen molar-refractivity contribution in [2.45, 2.75) is 35.0 Å². The van der Waals surface area contributed by atoms with Gasteiger partial charge in [-0.05, 0) is 48.8 Å². The van der Waals surface area contributed by atoms with Gasteiger partial charge in [0.2, 0.25) is 0 Å². The van der Waals surface area contributed by atoms with Crippen molar-refractivity contribution in [1.29, 1.82) is 0 Å². The number of aryl methyl sites for hydroxylation is 1. The van der Waals surface area contributed by atoms with Crippen molar-refractivity contribution in [2.24, 2.45) is 0 Å². The van der Waals surface area contributed by atoms with Gasteiger partial charge in [0.05, 0.1) is 0 Å². The standard InChI is InChI=1S/C12H12ClI/c1-8-2-3-9(4-10(8)13)11-5-12(14,6-11)7-11/h2-4H,5-7H2,1H3. The molecule has 1 aromatic rings. The van der Waals surface area contributed by atoms with Gasteiger partial charge < -0.3 is 0 Å². The number of rotatable bonds is 1. The maximum absolute atomic E-state index is 6.15. The van der Waals surface area contributed by atoms with E-state index in [9.17, 15) is 0 Å². The van der Waals surface area contributed by atoms with Crippen molar-refractivity contribution in [2.75, 3.05) is 0 Å². The second-order valence-corrected chi connectivity index (χ2v) is 7.62. The maximum Gasteiger partial charge on any atom is 0.0438 e. The highest BCUT2D eigenvalue weighted by molar-refractivity contribution is 14.1.